The summed E-state index contributed by atoms with van der Waals surface area (Å²) >= 11 is 0. The number of hydrogen-bond acceptors (Lipinski definition) is 3. The molecule has 3 nitrogen and oxygen atoms in total. The minimum Gasteiger partial charge on any atom is -0.465 e. The maximum absolute atomic E-state index is 12.4. The summed E-state index contributed by atoms with van der Waals surface area (Å²) in [5.41, 5.74) is -0.776. The van der Waals surface area contributed by atoms with Gasteiger partial charge in [0, 0.05) is 6.61 Å². The normalized spacial score (nSPS) is 15.8. The topological polar surface area (TPSA) is 35.5 Å². The summed E-state index contributed by atoms with van der Waals surface area (Å²) in [7, 11) is 0. The predicted octanol–water partition coefficient (Wildman–Crippen LogP) is 3.27. The molecule has 0 aromatic rings. The van der Waals surface area contributed by atoms with Gasteiger partial charge in [0.05, 0.1) is 18.6 Å². The Balaban J connectivity index is 5.33. The van der Waals surface area contributed by atoms with Crippen LogP contribution in [0.1, 0.15) is 48.5 Å². The Kier molecular flexibility index (Phi) is 6.17. The summed E-state index contributed by atoms with van der Waals surface area (Å²) in [6, 6.07) is 0. The molecule has 0 aliphatic carbocycles. The van der Waals surface area contributed by atoms with E-state index in [0.29, 0.717) is 19.8 Å². The highest BCUT2D eigenvalue weighted by molar-refractivity contribution is 5.78. The number of carbonyl (C=O) groups excluding carboxylic acids is 1. The van der Waals surface area contributed by atoms with E-state index in [4.69, 9.17) is 9.47 Å². The fourth-order valence-electron chi connectivity index (χ4n) is 2.37. The lowest BCUT2D eigenvalue weighted by Gasteiger charge is -2.45. The van der Waals surface area contributed by atoms with Crippen molar-refractivity contribution < 1.29 is 14.3 Å². The second-order valence-corrected chi connectivity index (χ2v) is 5.73. The van der Waals surface area contributed by atoms with E-state index in [2.05, 4.69) is 34.6 Å². The van der Waals surface area contributed by atoms with Crippen LogP contribution in [0.3, 0.4) is 0 Å². The van der Waals surface area contributed by atoms with Crippen LogP contribution in [0.5, 0.6) is 0 Å². The number of hydrogen-bond donors (Lipinski definition) is 0. The van der Waals surface area contributed by atoms with Gasteiger partial charge in [0.2, 0.25) is 0 Å². The first-order valence-corrected chi connectivity index (χ1v) is 6.49. The van der Waals surface area contributed by atoms with Crippen LogP contribution in [-0.2, 0) is 14.3 Å². The zero-order chi connectivity index (χ0) is 13.7. The number of esters is 1. The van der Waals surface area contributed by atoms with Crippen molar-refractivity contribution >= 4 is 5.97 Å². The van der Waals surface area contributed by atoms with Crippen LogP contribution in [-0.4, -0.2) is 25.8 Å². The van der Waals surface area contributed by atoms with Crippen LogP contribution in [0.25, 0.3) is 0 Å². The number of ether oxygens (including phenoxy) is 2. The summed E-state index contributed by atoms with van der Waals surface area (Å²) in [6.45, 7) is 15.6. The standard InChI is InChI=1S/C14H28O3/c1-8-16-10-14(11(3)4,13(5,6)7)12(15)17-9-2/h11H,8-10H2,1-7H3. The van der Waals surface area contributed by atoms with Crippen LogP contribution in [0.4, 0.5) is 0 Å². The Hall–Kier alpha value is -0.570. The van der Waals surface area contributed by atoms with Crippen LogP contribution >= 0.6 is 0 Å². The van der Waals surface area contributed by atoms with Crippen molar-refractivity contribution in [3.63, 3.8) is 0 Å². The van der Waals surface area contributed by atoms with Crippen molar-refractivity contribution in [2.75, 3.05) is 19.8 Å². The molecule has 0 bridgehead atoms. The predicted molar refractivity (Wildman–Crippen MR) is 69.9 cm³/mol. The molecule has 0 heterocycles. The molecule has 17 heavy (non-hydrogen) atoms. The molecule has 0 radical (unpaired) electrons. The van der Waals surface area contributed by atoms with Gasteiger partial charge < -0.3 is 9.47 Å². The van der Waals surface area contributed by atoms with Crippen LogP contribution in [0.15, 0.2) is 0 Å². The van der Waals surface area contributed by atoms with E-state index in [1.54, 1.807) is 0 Å². The fourth-order valence-corrected chi connectivity index (χ4v) is 2.37. The molecule has 0 spiro atoms. The molecule has 1 atom stereocenters. The smallest absolute Gasteiger partial charge is 0.315 e. The Morgan fingerprint density at radius 3 is 1.94 bits per heavy atom. The van der Waals surface area contributed by atoms with Crippen molar-refractivity contribution in [1.29, 1.82) is 0 Å². The fraction of sp³-hybridized carbons (Fsp3) is 0.929. The zero-order valence-corrected chi connectivity index (χ0v) is 12.4. The minimum atomic E-state index is -0.584. The summed E-state index contributed by atoms with van der Waals surface area (Å²) in [5.74, 6) is 0.0315. The molecule has 0 aromatic carbocycles. The van der Waals surface area contributed by atoms with E-state index in [-0.39, 0.29) is 17.3 Å². The molecule has 0 aliphatic rings. The monoisotopic (exact) mass is 244 g/mol. The molecule has 0 N–H and O–H groups in total. The van der Waals surface area contributed by atoms with Gasteiger partial charge >= 0.3 is 5.97 Å². The summed E-state index contributed by atoms with van der Waals surface area (Å²) in [4.78, 5) is 12.4. The second kappa shape index (κ2) is 6.39. The van der Waals surface area contributed by atoms with Gasteiger partial charge in [0.1, 0.15) is 0 Å². The van der Waals surface area contributed by atoms with Gasteiger partial charge in [-0.1, -0.05) is 34.6 Å². The SMILES string of the molecule is CCOCC(C(=O)OCC)(C(C)C)C(C)(C)C. The first-order chi connectivity index (χ1) is 7.74. The molecule has 0 rings (SSSR count). The molecule has 0 aliphatic heterocycles. The minimum absolute atomic E-state index is 0.143. The van der Waals surface area contributed by atoms with E-state index in [1.165, 1.54) is 0 Å². The van der Waals surface area contributed by atoms with Crippen LogP contribution in [0.2, 0.25) is 0 Å². The lowest BCUT2D eigenvalue weighted by molar-refractivity contribution is -0.175. The van der Waals surface area contributed by atoms with E-state index < -0.39 is 5.41 Å². The Labute approximate surface area is 106 Å². The van der Waals surface area contributed by atoms with Gasteiger partial charge in [0.15, 0.2) is 0 Å². The highest BCUT2D eigenvalue weighted by Crippen LogP contribution is 2.46. The average molecular weight is 244 g/mol. The summed E-state index contributed by atoms with van der Waals surface area (Å²) < 4.78 is 10.8. The Bertz CT molecular complexity index is 240. The summed E-state index contributed by atoms with van der Waals surface area (Å²) in [5, 5.41) is 0. The van der Waals surface area contributed by atoms with E-state index in [9.17, 15) is 4.79 Å². The molecule has 102 valence electrons. The van der Waals surface area contributed by atoms with Crippen molar-refractivity contribution in [2.45, 2.75) is 48.5 Å². The Morgan fingerprint density at radius 1 is 1.12 bits per heavy atom. The van der Waals surface area contributed by atoms with Gasteiger partial charge in [-0.15, -0.1) is 0 Å². The maximum atomic E-state index is 12.4. The van der Waals surface area contributed by atoms with Crippen molar-refractivity contribution in [3.05, 3.63) is 0 Å². The third-order valence-electron chi connectivity index (χ3n) is 3.50. The Morgan fingerprint density at radius 2 is 1.65 bits per heavy atom. The second-order valence-electron chi connectivity index (χ2n) is 5.73. The van der Waals surface area contributed by atoms with Gasteiger partial charge in [-0.2, -0.15) is 0 Å². The number of carbonyl (C=O) groups is 1. The number of rotatable bonds is 6. The molecule has 0 saturated carbocycles. The molecule has 0 aromatic heterocycles. The highest BCUT2D eigenvalue weighted by atomic mass is 16.5. The summed E-state index contributed by atoms with van der Waals surface area (Å²) in [6.07, 6.45) is 0. The maximum Gasteiger partial charge on any atom is 0.315 e. The van der Waals surface area contributed by atoms with Gasteiger partial charge in [0.25, 0.3) is 0 Å². The van der Waals surface area contributed by atoms with Crippen molar-refractivity contribution in [3.8, 4) is 0 Å². The first kappa shape index (κ1) is 16.4. The van der Waals surface area contributed by atoms with Crippen LogP contribution in [0, 0.1) is 16.7 Å². The quantitative estimate of drug-likeness (QED) is 0.673. The molecular weight excluding hydrogens is 216 g/mol. The molecular formula is C14H28O3. The highest BCUT2D eigenvalue weighted by Gasteiger charge is 2.52. The van der Waals surface area contributed by atoms with Gasteiger partial charge in [-0.3, -0.25) is 4.79 Å². The zero-order valence-electron chi connectivity index (χ0n) is 12.4. The van der Waals surface area contributed by atoms with E-state index in [1.807, 2.05) is 13.8 Å². The lowest BCUT2D eigenvalue weighted by atomic mass is 9.61. The molecule has 1 unspecified atom stereocenters. The largest absolute Gasteiger partial charge is 0.465 e. The van der Waals surface area contributed by atoms with Crippen molar-refractivity contribution in [2.24, 2.45) is 16.7 Å². The molecule has 0 fully saturated rings. The van der Waals surface area contributed by atoms with Gasteiger partial charge in [-0.25, -0.2) is 0 Å². The van der Waals surface area contributed by atoms with E-state index >= 15 is 0 Å². The van der Waals surface area contributed by atoms with E-state index in [0.717, 1.165) is 0 Å². The third kappa shape index (κ3) is 3.44. The average Bonchev–Trinajstić information content (AvgIpc) is 2.16. The first-order valence-electron chi connectivity index (χ1n) is 6.49. The third-order valence-corrected chi connectivity index (χ3v) is 3.50. The lowest BCUT2D eigenvalue weighted by Crippen LogP contribution is -2.51. The molecule has 0 amide bonds. The van der Waals surface area contributed by atoms with Gasteiger partial charge in [-0.05, 0) is 25.2 Å². The molecule has 3 heteroatoms. The van der Waals surface area contributed by atoms with Crippen LogP contribution < -0.4 is 0 Å². The van der Waals surface area contributed by atoms with Crippen molar-refractivity contribution in [1.82, 2.24) is 0 Å². The molecule has 0 saturated heterocycles.